The summed E-state index contributed by atoms with van der Waals surface area (Å²) in [6, 6.07) is 11.9. The summed E-state index contributed by atoms with van der Waals surface area (Å²) in [4.78, 5) is 18.2. The highest BCUT2D eigenvalue weighted by atomic mass is 16.1. The summed E-state index contributed by atoms with van der Waals surface area (Å²) < 4.78 is 0. The highest BCUT2D eigenvalue weighted by Gasteiger charge is 2.06. The molecule has 0 aliphatic carbocycles. The normalized spacial score (nSPS) is 10.5. The molecule has 1 aromatic heterocycles. The van der Waals surface area contributed by atoms with Gasteiger partial charge >= 0.3 is 0 Å². The van der Waals surface area contributed by atoms with Crippen molar-refractivity contribution in [3.63, 3.8) is 0 Å². The second-order valence-electron chi connectivity index (χ2n) is 5.36. The van der Waals surface area contributed by atoms with E-state index in [4.69, 9.17) is 0 Å². The average molecular weight is 298 g/mol. The lowest BCUT2D eigenvalue weighted by molar-refractivity contribution is 0.0950. The van der Waals surface area contributed by atoms with Gasteiger partial charge in [0.1, 0.15) is 0 Å². The minimum Gasteiger partial charge on any atom is -0.380 e. The maximum absolute atomic E-state index is 12.1. The molecule has 0 spiro atoms. The topological polar surface area (TPSA) is 57.3 Å². The van der Waals surface area contributed by atoms with Crippen LogP contribution in [0.25, 0.3) is 0 Å². The van der Waals surface area contributed by atoms with Crippen LogP contribution >= 0.6 is 0 Å². The van der Waals surface area contributed by atoms with Gasteiger partial charge in [-0.3, -0.25) is 9.78 Å². The molecule has 116 valence electrons. The number of amides is 1. The van der Waals surface area contributed by atoms with Crippen molar-refractivity contribution in [2.75, 3.05) is 32.5 Å². The molecule has 0 aliphatic rings. The number of likely N-dealkylation sites (N-methyl/N-ethyl adjacent to an activating group) is 1. The molecule has 0 atom stereocenters. The Balaban J connectivity index is 1.90. The lowest BCUT2D eigenvalue weighted by Gasteiger charge is -2.11. The molecule has 0 saturated carbocycles. The third-order valence-electron chi connectivity index (χ3n) is 3.18. The van der Waals surface area contributed by atoms with E-state index in [9.17, 15) is 4.79 Å². The Labute approximate surface area is 131 Å². The summed E-state index contributed by atoms with van der Waals surface area (Å²) in [7, 11) is 3.95. The van der Waals surface area contributed by atoms with Crippen molar-refractivity contribution in [1.29, 1.82) is 0 Å². The van der Waals surface area contributed by atoms with Crippen LogP contribution in [-0.2, 0) is 6.54 Å². The van der Waals surface area contributed by atoms with Crippen molar-refractivity contribution in [3.05, 3.63) is 59.9 Å². The minimum absolute atomic E-state index is 0.0993. The molecule has 1 aromatic carbocycles. The fourth-order valence-electron chi connectivity index (χ4n) is 1.96. The number of carbonyl (C=O) groups is 1. The van der Waals surface area contributed by atoms with Gasteiger partial charge in [-0.05, 0) is 25.7 Å². The van der Waals surface area contributed by atoms with Crippen molar-refractivity contribution >= 4 is 11.6 Å². The SMILES string of the molecule is CN(C)CCNC(=O)c1cncc(NCc2ccccc2)c1. The molecular formula is C17H22N4O. The van der Waals surface area contributed by atoms with E-state index >= 15 is 0 Å². The van der Waals surface area contributed by atoms with Crippen LogP contribution < -0.4 is 10.6 Å². The monoisotopic (exact) mass is 298 g/mol. The van der Waals surface area contributed by atoms with Crippen LogP contribution in [0.15, 0.2) is 48.8 Å². The molecule has 22 heavy (non-hydrogen) atoms. The number of hydrogen-bond acceptors (Lipinski definition) is 4. The predicted molar refractivity (Wildman–Crippen MR) is 88.9 cm³/mol. The first-order valence-corrected chi connectivity index (χ1v) is 7.31. The molecule has 0 unspecified atom stereocenters. The number of benzene rings is 1. The van der Waals surface area contributed by atoms with Crippen LogP contribution in [0.5, 0.6) is 0 Å². The number of pyridine rings is 1. The van der Waals surface area contributed by atoms with Gasteiger partial charge in [-0.25, -0.2) is 0 Å². The molecule has 2 N–H and O–H groups in total. The molecule has 0 aliphatic heterocycles. The average Bonchev–Trinajstić information content (AvgIpc) is 2.54. The summed E-state index contributed by atoms with van der Waals surface area (Å²) in [5, 5.41) is 6.16. The van der Waals surface area contributed by atoms with E-state index in [0.29, 0.717) is 18.7 Å². The van der Waals surface area contributed by atoms with Crippen molar-refractivity contribution in [2.45, 2.75) is 6.54 Å². The van der Waals surface area contributed by atoms with Gasteiger partial charge in [-0.2, -0.15) is 0 Å². The Hall–Kier alpha value is -2.40. The highest BCUT2D eigenvalue weighted by molar-refractivity contribution is 5.94. The second kappa shape index (κ2) is 8.14. The molecule has 0 fully saturated rings. The van der Waals surface area contributed by atoms with Crippen molar-refractivity contribution < 1.29 is 4.79 Å². The number of nitrogens with one attached hydrogen (secondary N) is 2. The van der Waals surface area contributed by atoms with E-state index in [2.05, 4.69) is 27.8 Å². The van der Waals surface area contributed by atoms with Crippen molar-refractivity contribution in [1.82, 2.24) is 15.2 Å². The fraction of sp³-hybridized carbons (Fsp3) is 0.294. The minimum atomic E-state index is -0.0993. The zero-order valence-electron chi connectivity index (χ0n) is 13.0. The van der Waals surface area contributed by atoms with Crippen LogP contribution in [0.2, 0.25) is 0 Å². The lowest BCUT2D eigenvalue weighted by Crippen LogP contribution is -2.31. The second-order valence-corrected chi connectivity index (χ2v) is 5.36. The first-order chi connectivity index (χ1) is 10.6. The molecule has 5 heteroatoms. The number of rotatable bonds is 7. The quantitative estimate of drug-likeness (QED) is 0.821. The summed E-state index contributed by atoms with van der Waals surface area (Å²) in [5.74, 6) is -0.0993. The molecule has 0 radical (unpaired) electrons. The van der Waals surface area contributed by atoms with Gasteiger partial charge in [0.05, 0.1) is 11.3 Å². The third kappa shape index (κ3) is 5.18. The van der Waals surface area contributed by atoms with Gasteiger partial charge < -0.3 is 15.5 Å². The van der Waals surface area contributed by atoms with Crippen molar-refractivity contribution in [2.24, 2.45) is 0 Å². The number of nitrogens with zero attached hydrogens (tertiary/aromatic N) is 2. The number of hydrogen-bond donors (Lipinski definition) is 2. The molecule has 0 bridgehead atoms. The van der Waals surface area contributed by atoms with Crippen molar-refractivity contribution in [3.8, 4) is 0 Å². The molecule has 1 heterocycles. The molecule has 5 nitrogen and oxygen atoms in total. The standard InChI is InChI=1S/C17H22N4O/c1-21(2)9-8-19-17(22)15-10-16(13-18-12-15)20-11-14-6-4-3-5-7-14/h3-7,10,12-13,20H,8-9,11H2,1-2H3,(H,19,22). The molecule has 2 rings (SSSR count). The summed E-state index contributed by atoms with van der Waals surface area (Å²) >= 11 is 0. The lowest BCUT2D eigenvalue weighted by atomic mass is 10.2. The van der Waals surface area contributed by atoms with Gasteiger partial charge in [0, 0.05) is 32.0 Å². The summed E-state index contributed by atoms with van der Waals surface area (Å²) in [5.41, 5.74) is 2.59. The summed E-state index contributed by atoms with van der Waals surface area (Å²) in [6.07, 6.45) is 3.30. The van der Waals surface area contributed by atoms with Gasteiger partial charge in [0.2, 0.25) is 0 Å². The Morgan fingerprint density at radius 1 is 1.18 bits per heavy atom. The van der Waals surface area contributed by atoms with Crippen LogP contribution in [0.3, 0.4) is 0 Å². The number of aromatic nitrogens is 1. The highest BCUT2D eigenvalue weighted by Crippen LogP contribution is 2.10. The summed E-state index contributed by atoms with van der Waals surface area (Å²) in [6.45, 7) is 2.13. The maximum Gasteiger partial charge on any atom is 0.252 e. The van der Waals surface area contributed by atoms with Gasteiger partial charge in [0.25, 0.3) is 5.91 Å². The van der Waals surface area contributed by atoms with E-state index in [0.717, 1.165) is 12.2 Å². The van der Waals surface area contributed by atoms with E-state index in [-0.39, 0.29) is 5.91 Å². The molecule has 0 saturated heterocycles. The van der Waals surface area contributed by atoms with Crippen LogP contribution in [0.4, 0.5) is 5.69 Å². The third-order valence-corrected chi connectivity index (χ3v) is 3.18. The Bertz CT molecular complexity index is 599. The first kappa shape index (κ1) is 16.0. The molecular weight excluding hydrogens is 276 g/mol. The Morgan fingerprint density at radius 3 is 2.68 bits per heavy atom. The van der Waals surface area contributed by atoms with E-state index in [1.165, 1.54) is 5.56 Å². The predicted octanol–water partition coefficient (Wildman–Crippen LogP) is 1.99. The number of anilines is 1. The van der Waals surface area contributed by atoms with Crippen LogP contribution in [0.1, 0.15) is 15.9 Å². The first-order valence-electron chi connectivity index (χ1n) is 7.31. The fourth-order valence-corrected chi connectivity index (χ4v) is 1.96. The maximum atomic E-state index is 12.1. The van der Waals surface area contributed by atoms with Crippen LogP contribution in [-0.4, -0.2) is 43.0 Å². The Morgan fingerprint density at radius 2 is 1.95 bits per heavy atom. The van der Waals surface area contributed by atoms with Gasteiger partial charge in [0.15, 0.2) is 0 Å². The largest absolute Gasteiger partial charge is 0.380 e. The van der Waals surface area contributed by atoms with E-state index < -0.39 is 0 Å². The molecule has 2 aromatic rings. The zero-order chi connectivity index (χ0) is 15.8. The molecule has 1 amide bonds. The smallest absolute Gasteiger partial charge is 0.252 e. The van der Waals surface area contributed by atoms with Gasteiger partial charge in [-0.1, -0.05) is 30.3 Å². The Kier molecular flexibility index (Phi) is 5.91. The number of carbonyl (C=O) groups excluding carboxylic acids is 1. The van der Waals surface area contributed by atoms with E-state index in [1.54, 1.807) is 12.4 Å². The van der Waals surface area contributed by atoms with Gasteiger partial charge in [-0.15, -0.1) is 0 Å². The van der Waals surface area contributed by atoms with Crippen LogP contribution in [0, 0.1) is 0 Å². The van der Waals surface area contributed by atoms with E-state index in [1.807, 2.05) is 43.3 Å². The zero-order valence-corrected chi connectivity index (χ0v) is 13.0.